The standard InChI is InChI=1S/C15H22O2S2/c1-10-7-13(19-11(10)2)14(16)12-3-5-17-15(8-12)4-6-18-9-15/h7,12,14,16H,3-6,8-9H2,1-2H3. The van der Waals surface area contributed by atoms with Gasteiger partial charge in [0, 0.05) is 22.1 Å². The number of aliphatic hydroxyl groups is 1. The maximum absolute atomic E-state index is 10.7. The van der Waals surface area contributed by atoms with Crippen LogP contribution in [-0.2, 0) is 4.74 Å². The maximum atomic E-state index is 10.7. The zero-order chi connectivity index (χ0) is 13.5. The van der Waals surface area contributed by atoms with Gasteiger partial charge in [-0.25, -0.2) is 0 Å². The van der Waals surface area contributed by atoms with E-state index in [1.165, 1.54) is 16.2 Å². The SMILES string of the molecule is Cc1cc(C(O)C2CCOC3(CCSC3)C2)sc1C. The molecule has 1 N–H and O–H groups in total. The van der Waals surface area contributed by atoms with Gasteiger partial charge in [-0.2, -0.15) is 11.8 Å². The Balaban J connectivity index is 1.74. The van der Waals surface area contributed by atoms with Gasteiger partial charge in [0.1, 0.15) is 0 Å². The molecule has 106 valence electrons. The number of ether oxygens (including phenoxy) is 1. The predicted octanol–water partition coefficient (Wildman–Crippen LogP) is 3.70. The Labute approximate surface area is 123 Å². The molecule has 4 heteroatoms. The van der Waals surface area contributed by atoms with E-state index in [0.717, 1.165) is 36.5 Å². The Morgan fingerprint density at radius 2 is 2.32 bits per heavy atom. The third-order valence-corrected chi connectivity index (χ3v) is 6.97. The molecule has 2 aliphatic heterocycles. The van der Waals surface area contributed by atoms with E-state index in [2.05, 4.69) is 19.9 Å². The number of thioether (sulfide) groups is 1. The minimum Gasteiger partial charge on any atom is -0.387 e. The molecule has 0 amide bonds. The molecule has 0 aromatic carbocycles. The van der Waals surface area contributed by atoms with Crippen molar-refractivity contribution < 1.29 is 9.84 Å². The molecule has 19 heavy (non-hydrogen) atoms. The topological polar surface area (TPSA) is 29.5 Å². The Hall–Kier alpha value is -0.0300. The van der Waals surface area contributed by atoms with Crippen LogP contribution in [0, 0.1) is 19.8 Å². The number of hydrogen-bond acceptors (Lipinski definition) is 4. The Morgan fingerprint density at radius 1 is 1.47 bits per heavy atom. The summed E-state index contributed by atoms with van der Waals surface area (Å²) in [4.78, 5) is 2.47. The highest BCUT2D eigenvalue weighted by atomic mass is 32.2. The fourth-order valence-corrected chi connectivity index (χ4v) is 5.68. The lowest BCUT2D eigenvalue weighted by Gasteiger charge is -2.39. The smallest absolute Gasteiger partial charge is 0.0912 e. The second kappa shape index (κ2) is 5.40. The molecule has 0 aliphatic carbocycles. The van der Waals surface area contributed by atoms with Crippen molar-refractivity contribution in [2.45, 2.75) is 44.8 Å². The molecule has 0 bridgehead atoms. The summed E-state index contributed by atoms with van der Waals surface area (Å²) in [5, 5.41) is 10.7. The van der Waals surface area contributed by atoms with Gasteiger partial charge in [0.05, 0.1) is 11.7 Å². The Kier molecular flexibility index (Phi) is 3.96. The normalized spacial score (nSPS) is 32.9. The van der Waals surface area contributed by atoms with Crippen LogP contribution < -0.4 is 0 Å². The summed E-state index contributed by atoms with van der Waals surface area (Å²) in [5.41, 5.74) is 1.37. The number of thiophene rings is 1. The first-order valence-corrected chi connectivity index (χ1v) is 9.03. The maximum Gasteiger partial charge on any atom is 0.0912 e. The van der Waals surface area contributed by atoms with Crippen molar-refractivity contribution in [3.8, 4) is 0 Å². The molecule has 3 heterocycles. The van der Waals surface area contributed by atoms with Gasteiger partial charge in [-0.15, -0.1) is 11.3 Å². The summed E-state index contributed by atoms with van der Waals surface area (Å²) in [6.45, 7) is 5.07. The van der Waals surface area contributed by atoms with Crippen molar-refractivity contribution in [1.29, 1.82) is 0 Å². The van der Waals surface area contributed by atoms with Gasteiger partial charge >= 0.3 is 0 Å². The first-order chi connectivity index (χ1) is 9.10. The second-order valence-electron chi connectivity index (χ2n) is 5.92. The van der Waals surface area contributed by atoms with Crippen LogP contribution in [0.1, 0.15) is 40.7 Å². The lowest BCUT2D eigenvalue weighted by atomic mass is 9.82. The summed E-state index contributed by atoms with van der Waals surface area (Å²) in [6.07, 6.45) is 2.87. The zero-order valence-electron chi connectivity index (χ0n) is 11.6. The highest BCUT2D eigenvalue weighted by molar-refractivity contribution is 7.99. The monoisotopic (exact) mass is 298 g/mol. The Bertz CT molecular complexity index is 429. The molecule has 2 fully saturated rings. The number of aliphatic hydroxyl groups excluding tert-OH is 1. The van der Waals surface area contributed by atoms with Crippen LogP contribution in [-0.4, -0.2) is 28.8 Å². The molecule has 2 nitrogen and oxygen atoms in total. The van der Waals surface area contributed by atoms with Crippen LogP contribution in [0.4, 0.5) is 0 Å². The molecule has 3 rings (SSSR count). The molecule has 3 atom stereocenters. The van der Waals surface area contributed by atoms with Crippen LogP contribution in [0.3, 0.4) is 0 Å². The van der Waals surface area contributed by atoms with Crippen LogP contribution >= 0.6 is 23.1 Å². The van der Waals surface area contributed by atoms with E-state index in [4.69, 9.17) is 4.74 Å². The van der Waals surface area contributed by atoms with Crippen molar-refractivity contribution in [1.82, 2.24) is 0 Å². The van der Waals surface area contributed by atoms with Crippen LogP contribution in [0.5, 0.6) is 0 Å². The van der Waals surface area contributed by atoms with E-state index in [9.17, 15) is 5.11 Å². The highest BCUT2D eigenvalue weighted by Crippen LogP contribution is 2.45. The van der Waals surface area contributed by atoms with Crippen LogP contribution in [0.15, 0.2) is 6.07 Å². The predicted molar refractivity (Wildman–Crippen MR) is 82.1 cm³/mol. The van der Waals surface area contributed by atoms with E-state index in [1.807, 2.05) is 11.8 Å². The molecule has 3 unspecified atom stereocenters. The summed E-state index contributed by atoms with van der Waals surface area (Å²) >= 11 is 3.74. The van der Waals surface area contributed by atoms with Gasteiger partial charge in [-0.3, -0.25) is 0 Å². The van der Waals surface area contributed by atoms with Gasteiger partial charge in [-0.05, 0) is 56.4 Å². The average Bonchev–Trinajstić information content (AvgIpc) is 2.97. The minimum atomic E-state index is -0.302. The van der Waals surface area contributed by atoms with Gasteiger partial charge in [0.15, 0.2) is 0 Å². The molecule has 1 aromatic rings. The molecular formula is C15H22O2S2. The molecule has 1 spiro atoms. The van der Waals surface area contributed by atoms with Crippen molar-refractivity contribution in [3.63, 3.8) is 0 Å². The van der Waals surface area contributed by atoms with Crippen molar-refractivity contribution in [2.24, 2.45) is 5.92 Å². The summed E-state index contributed by atoms with van der Waals surface area (Å²) in [7, 11) is 0. The lowest BCUT2D eigenvalue weighted by Crippen LogP contribution is -2.41. The third-order valence-electron chi connectivity index (χ3n) is 4.52. The van der Waals surface area contributed by atoms with E-state index in [0.29, 0.717) is 5.92 Å². The summed E-state index contributed by atoms with van der Waals surface area (Å²) in [5.74, 6) is 2.68. The first-order valence-electron chi connectivity index (χ1n) is 7.06. The summed E-state index contributed by atoms with van der Waals surface area (Å²) in [6, 6.07) is 2.16. The van der Waals surface area contributed by atoms with Crippen molar-refractivity contribution >= 4 is 23.1 Å². The largest absolute Gasteiger partial charge is 0.387 e. The van der Waals surface area contributed by atoms with Gasteiger partial charge < -0.3 is 9.84 Å². The van der Waals surface area contributed by atoms with Crippen molar-refractivity contribution in [2.75, 3.05) is 18.1 Å². The van der Waals surface area contributed by atoms with Gasteiger partial charge in [0.25, 0.3) is 0 Å². The van der Waals surface area contributed by atoms with E-state index in [1.54, 1.807) is 11.3 Å². The molecular weight excluding hydrogens is 276 g/mol. The number of aryl methyl sites for hydroxylation is 2. The van der Waals surface area contributed by atoms with Crippen LogP contribution in [0.2, 0.25) is 0 Å². The minimum absolute atomic E-state index is 0.0654. The number of hydrogen-bond donors (Lipinski definition) is 1. The van der Waals surface area contributed by atoms with Gasteiger partial charge in [-0.1, -0.05) is 0 Å². The first kappa shape index (κ1) is 13.9. The van der Waals surface area contributed by atoms with Crippen LogP contribution in [0.25, 0.3) is 0 Å². The third kappa shape index (κ3) is 2.73. The average molecular weight is 298 g/mol. The molecule has 2 saturated heterocycles. The second-order valence-corrected chi connectivity index (χ2v) is 8.31. The molecule has 2 aliphatic rings. The molecule has 1 aromatic heterocycles. The van der Waals surface area contributed by atoms with E-state index >= 15 is 0 Å². The quantitative estimate of drug-likeness (QED) is 0.903. The van der Waals surface area contributed by atoms with Gasteiger partial charge in [0.2, 0.25) is 0 Å². The van der Waals surface area contributed by atoms with E-state index < -0.39 is 0 Å². The molecule has 0 saturated carbocycles. The summed E-state index contributed by atoms with van der Waals surface area (Å²) < 4.78 is 6.04. The van der Waals surface area contributed by atoms with Crippen molar-refractivity contribution in [3.05, 3.63) is 21.4 Å². The fourth-order valence-electron chi connectivity index (χ4n) is 3.18. The highest BCUT2D eigenvalue weighted by Gasteiger charge is 2.42. The molecule has 0 radical (unpaired) electrons. The fraction of sp³-hybridized carbons (Fsp3) is 0.733. The zero-order valence-corrected chi connectivity index (χ0v) is 13.3. The lowest BCUT2D eigenvalue weighted by molar-refractivity contribution is -0.101. The Morgan fingerprint density at radius 3 is 2.95 bits per heavy atom. The number of rotatable bonds is 2. The van der Waals surface area contributed by atoms with E-state index in [-0.39, 0.29) is 11.7 Å².